The van der Waals surface area contributed by atoms with Crippen molar-refractivity contribution in [3.63, 3.8) is 0 Å². The highest BCUT2D eigenvalue weighted by Gasteiger charge is 2.54. The molecule has 7 heteroatoms. The highest BCUT2D eigenvalue weighted by molar-refractivity contribution is 7.07. The zero-order valence-electron chi connectivity index (χ0n) is 14.4. The highest BCUT2D eigenvalue weighted by atomic mass is 32.1. The second-order valence-corrected chi connectivity index (χ2v) is 8.25. The second-order valence-electron chi connectivity index (χ2n) is 7.53. The first kappa shape index (κ1) is 17.0. The summed E-state index contributed by atoms with van der Waals surface area (Å²) in [4.78, 5) is 34.4. The van der Waals surface area contributed by atoms with Crippen molar-refractivity contribution < 1.29 is 14.7 Å². The largest absolute Gasteiger partial charge is 0.393 e. The van der Waals surface area contributed by atoms with E-state index in [1.54, 1.807) is 15.8 Å². The van der Waals surface area contributed by atoms with Crippen LogP contribution in [0.4, 0.5) is 0 Å². The van der Waals surface area contributed by atoms with Gasteiger partial charge in [0.25, 0.3) is 5.91 Å². The van der Waals surface area contributed by atoms with Crippen LogP contribution < -0.4 is 0 Å². The van der Waals surface area contributed by atoms with E-state index >= 15 is 0 Å². The number of thiazole rings is 1. The number of hydrogen-bond donors (Lipinski definition) is 1. The van der Waals surface area contributed by atoms with Crippen LogP contribution >= 0.6 is 11.3 Å². The Labute approximate surface area is 151 Å². The van der Waals surface area contributed by atoms with E-state index in [1.165, 1.54) is 11.3 Å². The summed E-state index contributed by atoms with van der Waals surface area (Å²) in [5.74, 6) is 0.0224. The third-order valence-electron chi connectivity index (χ3n) is 6.14. The SMILES string of the molecule is O=C(c1cscn1)N1CCCC12CCCN(C1CCC(O)CC1)C2=O. The Morgan fingerprint density at radius 1 is 1.20 bits per heavy atom. The lowest BCUT2D eigenvalue weighted by atomic mass is 9.82. The molecule has 1 saturated carbocycles. The molecule has 1 N–H and O–H groups in total. The van der Waals surface area contributed by atoms with Crippen molar-refractivity contribution in [2.45, 2.75) is 69.1 Å². The molecule has 4 rings (SSSR count). The monoisotopic (exact) mass is 363 g/mol. The van der Waals surface area contributed by atoms with Crippen LogP contribution in [-0.2, 0) is 4.79 Å². The quantitative estimate of drug-likeness (QED) is 0.873. The fraction of sp³-hybridized carbons (Fsp3) is 0.722. The highest BCUT2D eigenvalue weighted by Crippen LogP contribution is 2.41. The molecule has 3 fully saturated rings. The van der Waals surface area contributed by atoms with Gasteiger partial charge in [0.15, 0.2) is 0 Å². The molecule has 0 radical (unpaired) electrons. The summed E-state index contributed by atoms with van der Waals surface area (Å²) in [7, 11) is 0. The van der Waals surface area contributed by atoms with Crippen molar-refractivity contribution in [2.24, 2.45) is 0 Å². The minimum Gasteiger partial charge on any atom is -0.393 e. The number of aliphatic hydroxyl groups excluding tert-OH is 1. The predicted octanol–water partition coefficient (Wildman–Crippen LogP) is 2.04. The summed E-state index contributed by atoms with van der Waals surface area (Å²) in [5.41, 5.74) is 1.45. The van der Waals surface area contributed by atoms with Crippen LogP contribution in [0.3, 0.4) is 0 Å². The van der Waals surface area contributed by atoms with Gasteiger partial charge in [0, 0.05) is 24.5 Å². The summed E-state index contributed by atoms with van der Waals surface area (Å²) < 4.78 is 0. The standard InChI is InChI=1S/C18H25N3O3S/c22-14-5-3-13(4-6-14)20-9-1-7-18(17(20)24)8-2-10-21(18)16(23)15-11-25-12-19-15/h11-14,22H,1-10H2. The van der Waals surface area contributed by atoms with E-state index in [1.807, 2.05) is 4.90 Å². The van der Waals surface area contributed by atoms with E-state index in [9.17, 15) is 14.7 Å². The summed E-state index contributed by atoms with van der Waals surface area (Å²) in [5, 5.41) is 11.5. The number of amides is 2. The fourth-order valence-corrected chi connectivity index (χ4v) is 5.38. The Bertz CT molecular complexity index is 642. The minimum absolute atomic E-state index is 0.104. The van der Waals surface area contributed by atoms with Crippen molar-refractivity contribution >= 4 is 23.2 Å². The van der Waals surface area contributed by atoms with Crippen molar-refractivity contribution in [1.82, 2.24) is 14.8 Å². The van der Waals surface area contributed by atoms with Crippen LogP contribution in [0.25, 0.3) is 0 Å². The number of aromatic nitrogens is 1. The van der Waals surface area contributed by atoms with Crippen LogP contribution in [0, 0.1) is 0 Å². The van der Waals surface area contributed by atoms with Crippen molar-refractivity contribution in [3.8, 4) is 0 Å². The van der Waals surface area contributed by atoms with Gasteiger partial charge >= 0.3 is 0 Å². The van der Waals surface area contributed by atoms with Gasteiger partial charge in [-0.25, -0.2) is 4.98 Å². The molecular weight excluding hydrogens is 338 g/mol. The van der Waals surface area contributed by atoms with Gasteiger partial charge in [0.2, 0.25) is 5.91 Å². The second kappa shape index (κ2) is 6.68. The molecule has 3 heterocycles. The van der Waals surface area contributed by atoms with E-state index in [0.29, 0.717) is 12.2 Å². The molecule has 1 unspecified atom stereocenters. The van der Waals surface area contributed by atoms with Gasteiger partial charge in [0.05, 0.1) is 11.6 Å². The number of carbonyl (C=O) groups excluding carboxylic acids is 2. The minimum atomic E-state index is -0.672. The first-order valence-electron chi connectivity index (χ1n) is 9.31. The van der Waals surface area contributed by atoms with Crippen molar-refractivity contribution in [1.29, 1.82) is 0 Å². The molecule has 2 amide bonds. The molecule has 3 aliphatic rings. The van der Waals surface area contributed by atoms with Gasteiger partial charge in [-0.2, -0.15) is 0 Å². The maximum atomic E-state index is 13.5. The number of rotatable bonds is 2. The van der Waals surface area contributed by atoms with E-state index < -0.39 is 5.54 Å². The number of piperidine rings is 1. The molecule has 2 aliphatic heterocycles. The molecule has 1 spiro atoms. The summed E-state index contributed by atoms with van der Waals surface area (Å²) in [6.07, 6.45) is 6.36. The molecule has 136 valence electrons. The predicted molar refractivity (Wildman–Crippen MR) is 94.3 cm³/mol. The normalized spacial score (nSPS) is 33.2. The van der Waals surface area contributed by atoms with Crippen LogP contribution in [0.15, 0.2) is 10.9 Å². The molecule has 6 nitrogen and oxygen atoms in total. The van der Waals surface area contributed by atoms with Crippen LogP contribution in [0.5, 0.6) is 0 Å². The third kappa shape index (κ3) is 2.87. The number of nitrogens with zero attached hydrogens (tertiary/aromatic N) is 3. The van der Waals surface area contributed by atoms with E-state index in [4.69, 9.17) is 0 Å². The number of carbonyl (C=O) groups is 2. The number of hydrogen-bond acceptors (Lipinski definition) is 5. The molecule has 25 heavy (non-hydrogen) atoms. The van der Waals surface area contributed by atoms with Gasteiger partial charge in [-0.1, -0.05) is 0 Å². The Hall–Kier alpha value is -1.47. The summed E-state index contributed by atoms with van der Waals surface area (Å²) >= 11 is 1.41. The Kier molecular flexibility index (Phi) is 4.54. The van der Waals surface area contributed by atoms with Gasteiger partial charge in [-0.15, -0.1) is 11.3 Å². The average Bonchev–Trinajstić information content (AvgIpc) is 3.29. The third-order valence-corrected chi connectivity index (χ3v) is 6.73. The van der Waals surface area contributed by atoms with Gasteiger partial charge in [-0.3, -0.25) is 9.59 Å². The zero-order valence-corrected chi connectivity index (χ0v) is 15.2. The molecule has 1 aromatic rings. The van der Waals surface area contributed by atoms with Crippen molar-refractivity contribution in [2.75, 3.05) is 13.1 Å². The number of likely N-dealkylation sites (tertiary alicyclic amines) is 2. The molecule has 1 atom stereocenters. The van der Waals surface area contributed by atoms with Crippen LogP contribution in [-0.4, -0.2) is 62.5 Å². The van der Waals surface area contributed by atoms with Crippen molar-refractivity contribution in [3.05, 3.63) is 16.6 Å². The topological polar surface area (TPSA) is 73.7 Å². The summed E-state index contributed by atoms with van der Waals surface area (Å²) in [6, 6.07) is 0.213. The maximum Gasteiger partial charge on any atom is 0.274 e. The molecule has 0 bridgehead atoms. The summed E-state index contributed by atoms with van der Waals surface area (Å²) in [6.45, 7) is 1.42. The smallest absolute Gasteiger partial charge is 0.274 e. The van der Waals surface area contributed by atoms with Gasteiger partial charge in [0.1, 0.15) is 11.2 Å². The fourth-order valence-electron chi connectivity index (χ4n) is 4.85. The first-order chi connectivity index (χ1) is 12.1. The molecular formula is C18H25N3O3S. The number of aliphatic hydroxyl groups is 1. The Morgan fingerprint density at radius 2 is 1.92 bits per heavy atom. The van der Waals surface area contributed by atoms with E-state index in [0.717, 1.165) is 57.9 Å². The lowest BCUT2D eigenvalue weighted by Gasteiger charge is -2.48. The van der Waals surface area contributed by atoms with Crippen LogP contribution in [0.1, 0.15) is 61.9 Å². The van der Waals surface area contributed by atoms with Gasteiger partial charge < -0.3 is 14.9 Å². The molecule has 1 aromatic heterocycles. The lowest BCUT2D eigenvalue weighted by molar-refractivity contribution is -0.149. The lowest BCUT2D eigenvalue weighted by Crippen LogP contribution is -2.63. The molecule has 0 aromatic carbocycles. The molecule has 2 saturated heterocycles. The Morgan fingerprint density at radius 3 is 2.60 bits per heavy atom. The zero-order chi connectivity index (χ0) is 17.4. The Balaban J connectivity index is 1.57. The maximum absolute atomic E-state index is 13.5. The van der Waals surface area contributed by atoms with Gasteiger partial charge in [-0.05, 0) is 51.4 Å². The molecule has 1 aliphatic carbocycles. The van der Waals surface area contributed by atoms with E-state index in [-0.39, 0.29) is 24.0 Å². The average molecular weight is 363 g/mol. The first-order valence-corrected chi connectivity index (χ1v) is 10.3. The van der Waals surface area contributed by atoms with Crippen LogP contribution in [0.2, 0.25) is 0 Å². The van der Waals surface area contributed by atoms with E-state index in [2.05, 4.69) is 4.98 Å².